The van der Waals surface area contributed by atoms with E-state index in [-0.39, 0.29) is 5.56 Å². The maximum Gasteiger partial charge on any atom is 0.254 e. The second-order valence-electron chi connectivity index (χ2n) is 5.71. The molecule has 0 amide bonds. The molecule has 0 saturated heterocycles. The molecule has 0 aromatic carbocycles. The van der Waals surface area contributed by atoms with Gasteiger partial charge in [-0.2, -0.15) is 0 Å². The fourth-order valence-corrected chi connectivity index (χ4v) is 3.16. The molecule has 1 unspecified atom stereocenters. The molecule has 19 heavy (non-hydrogen) atoms. The Labute approximate surface area is 113 Å². The van der Waals surface area contributed by atoms with E-state index in [0.29, 0.717) is 0 Å². The first-order chi connectivity index (χ1) is 9.22. The third-order valence-electron chi connectivity index (χ3n) is 4.16. The molecule has 3 rings (SSSR count). The standard InChI is InChI=1S/C15H21N3O/c1-11-16-14-10-18(8-7-13(14)15(19)17-11)9-12-5-3-2-4-6-12/h2-3,12H,4-10H2,1H3,(H,16,17,19). The number of nitrogens with one attached hydrogen (secondary N) is 1. The van der Waals surface area contributed by atoms with Gasteiger partial charge in [0.25, 0.3) is 5.56 Å². The third kappa shape index (κ3) is 2.78. The third-order valence-corrected chi connectivity index (χ3v) is 4.16. The van der Waals surface area contributed by atoms with E-state index >= 15 is 0 Å². The molecule has 0 radical (unpaired) electrons. The van der Waals surface area contributed by atoms with Gasteiger partial charge in [-0.05, 0) is 38.5 Å². The predicted octanol–water partition coefficient (Wildman–Crippen LogP) is 1.79. The molecule has 1 N–H and O–H groups in total. The number of H-pyrrole nitrogens is 1. The molecule has 4 nitrogen and oxygen atoms in total. The highest BCUT2D eigenvalue weighted by atomic mass is 16.1. The van der Waals surface area contributed by atoms with Crippen LogP contribution >= 0.6 is 0 Å². The number of allylic oxidation sites excluding steroid dienone is 2. The van der Waals surface area contributed by atoms with E-state index in [1.165, 1.54) is 19.3 Å². The SMILES string of the molecule is Cc1nc2c(c(=O)[nH]1)CCN(CC1CC=CCC1)C2. The lowest BCUT2D eigenvalue weighted by Gasteiger charge is -2.31. The summed E-state index contributed by atoms with van der Waals surface area (Å²) >= 11 is 0. The maximum atomic E-state index is 11.9. The van der Waals surface area contributed by atoms with Gasteiger partial charge in [0.2, 0.25) is 0 Å². The van der Waals surface area contributed by atoms with Gasteiger partial charge in [-0.25, -0.2) is 4.98 Å². The zero-order chi connectivity index (χ0) is 13.2. The lowest BCUT2D eigenvalue weighted by atomic mass is 9.93. The first kappa shape index (κ1) is 12.6. The van der Waals surface area contributed by atoms with Crippen molar-refractivity contribution in [3.8, 4) is 0 Å². The number of hydrogen-bond donors (Lipinski definition) is 1. The average Bonchev–Trinajstić information content (AvgIpc) is 2.39. The van der Waals surface area contributed by atoms with Gasteiger partial charge in [-0.3, -0.25) is 9.69 Å². The van der Waals surface area contributed by atoms with Crippen molar-refractivity contribution in [1.29, 1.82) is 0 Å². The summed E-state index contributed by atoms with van der Waals surface area (Å²) in [5.41, 5.74) is 1.94. The first-order valence-electron chi connectivity index (χ1n) is 7.18. The second kappa shape index (κ2) is 5.29. The monoisotopic (exact) mass is 259 g/mol. The molecule has 2 aliphatic rings. The van der Waals surface area contributed by atoms with E-state index in [1.807, 2.05) is 6.92 Å². The molecular formula is C15H21N3O. The molecule has 1 aromatic heterocycles. The van der Waals surface area contributed by atoms with E-state index in [4.69, 9.17) is 0 Å². The van der Waals surface area contributed by atoms with Crippen LogP contribution in [0.25, 0.3) is 0 Å². The summed E-state index contributed by atoms with van der Waals surface area (Å²) in [6.45, 7) is 4.81. The maximum absolute atomic E-state index is 11.9. The van der Waals surface area contributed by atoms with Gasteiger partial charge < -0.3 is 4.98 Å². The van der Waals surface area contributed by atoms with Crippen LogP contribution < -0.4 is 5.56 Å². The minimum Gasteiger partial charge on any atom is -0.311 e. The molecule has 1 aliphatic heterocycles. The van der Waals surface area contributed by atoms with Crippen LogP contribution in [0.15, 0.2) is 16.9 Å². The van der Waals surface area contributed by atoms with Crippen molar-refractivity contribution in [2.24, 2.45) is 5.92 Å². The Morgan fingerprint density at radius 1 is 1.47 bits per heavy atom. The van der Waals surface area contributed by atoms with Crippen molar-refractivity contribution in [1.82, 2.24) is 14.9 Å². The highest BCUT2D eigenvalue weighted by Gasteiger charge is 2.22. The summed E-state index contributed by atoms with van der Waals surface area (Å²) in [7, 11) is 0. The van der Waals surface area contributed by atoms with E-state index < -0.39 is 0 Å². The van der Waals surface area contributed by atoms with Crippen LogP contribution in [-0.4, -0.2) is 28.0 Å². The lowest BCUT2D eigenvalue weighted by Crippen LogP contribution is -2.38. The summed E-state index contributed by atoms with van der Waals surface area (Å²) in [5, 5.41) is 0. The summed E-state index contributed by atoms with van der Waals surface area (Å²) in [5.74, 6) is 1.50. The van der Waals surface area contributed by atoms with E-state index in [0.717, 1.165) is 49.1 Å². The van der Waals surface area contributed by atoms with Crippen molar-refractivity contribution >= 4 is 0 Å². The molecule has 0 saturated carbocycles. The number of rotatable bonds is 2. The van der Waals surface area contributed by atoms with E-state index in [1.54, 1.807) is 0 Å². The highest BCUT2D eigenvalue weighted by molar-refractivity contribution is 5.20. The number of fused-ring (bicyclic) bond motifs is 1. The first-order valence-corrected chi connectivity index (χ1v) is 7.18. The van der Waals surface area contributed by atoms with Crippen molar-refractivity contribution in [2.75, 3.05) is 13.1 Å². The van der Waals surface area contributed by atoms with Gasteiger partial charge in [-0.1, -0.05) is 12.2 Å². The lowest BCUT2D eigenvalue weighted by molar-refractivity contribution is 0.203. The molecule has 0 spiro atoms. The molecule has 1 aromatic rings. The van der Waals surface area contributed by atoms with Crippen molar-refractivity contribution < 1.29 is 0 Å². The number of aromatic amines is 1. The Bertz CT molecular complexity index is 547. The number of nitrogens with zero attached hydrogens (tertiary/aromatic N) is 2. The van der Waals surface area contributed by atoms with Crippen LogP contribution in [0, 0.1) is 12.8 Å². The van der Waals surface area contributed by atoms with Crippen LogP contribution in [0.5, 0.6) is 0 Å². The van der Waals surface area contributed by atoms with Crippen LogP contribution in [-0.2, 0) is 13.0 Å². The Hall–Kier alpha value is -1.42. The Morgan fingerprint density at radius 2 is 2.37 bits per heavy atom. The van der Waals surface area contributed by atoms with Crippen molar-refractivity contribution in [2.45, 2.75) is 39.2 Å². The number of hydrogen-bond acceptors (Lipinski definition) is 3. The second-order valence-corrected chi connectivity index (χ2v) is 5.71. The number of aryl methyl sites for hydroxylation is 1. The van der Waals surface area contributed by atoms with Crippen LogP contribution in [0.1, 0.15) is 36.3 Å². The predicted molar refractivity (Wildman–Crippen MR) is 75.1 cm³/mol. The summed E-state index contributed by atoms with van der Waals surface area (Å²) in [6.07, 6.45) is 9.13. The molecule has 4 heteroatoms. The molecule has 0 fully saturated rings. The molecule has 0 bridgehead atoms. The number of aromatic nitrogens is 2. The average molecular weight is 259 g/mol. The van der Waals surface area contributed by atoms with Crippen molar-refractivity contribution in [3.05, 3.63) is 39.6 Å². The topological polar surface area (TPSA) is 49.0 Å². The van der Waals surface area contributed by atoms with E-state index in [2.05, 4.69) is 27.0 Å². The van der Waals surface area contributed by atoms with Gasteiger partial charge >= 0.3 is 0 Å². The Balaban J connectivity index is 1.71. The summed E-state index contributed by atoms with van der Waals surface area (Å²) < 4.78 is 0. The van der Waals surface area contributed by atoms with Crippen LogP contribution in [0.4, 0.5) is 0 Å². The van der Waals surface area contributed by atoms with Gasteiger partial charge in [0, 0.05) is 25.2 Å². The minimum atomic E-state index is 0.0581. The smallest absolute Gasteiger partial charge is 0.254 e. The minimum absolute atomic E-state index is 0.0581. The van der Waals surface area contributed by atoms with Gasteiger partial charge in [-0.15, -0.1) is 0 Å². The molecule has 1 atom stereocenters. The molecule has 1 aliphatic carbocycles. The van der Waals surface area contributed by atoms with Gasteiger partial charge in [0.15, 0.2) is 0 Å². The fourth-order valence-electron chi connectivity index (χ4n) is 3.16. The fraction of sp³-hybridized carbons (Fsp3) is 0.600. The molecule has 2 heterocycles. The highest BCUT2D eigenvalue weighted by Crippen LogP contribution is 2.22. The van der Waals surface area contributed by atoms with Crippen molar-refractivity contribution in [3.63, 3.8) is 0 Å². The molecular weight excluding hydrogens is 238 g/mol. The van der Waals surface area contributed by atoms with Crippen LogP contribution in [0.2, 0.25) is 0 Å². The Kier molecular flexibility index (Phi) is 3.51. The zero-order valence-electron chi connectivity index (χ0n) is 11.5. The Morgan fingerprint density at radius 3 is 3.16 bits per heavy atom. The van der Waals surface area contributed by atoms with E-state index in [9.17, 15) is 4.79 Å². The molecule has 102 valence electrons. The largest absolute Gasteiger partial charge is 0.311 e. The van der Waals surface area contributed by atoms with Gasteiger partial charge in [0.05, 0.1) is 5.69 Å². The normalized spacial score (nSPS) is 23.3. The summed E-state index contributed by atoms with van der Waals surface area (Å²) in [4.78, 5) is 21.6. The van der Waals surface area contributed by atoms with Gasteiger partial charge in [0.1, 0.15) is 5.82 Å². The van der Waals surface area contributed by atoms with Crippen LogP contribution in [0.3, 0.4) is 0 Å². The zero-order valence-corrected chi connectivity index (χ0v) is 11.5. The quantitative estimate of drug-likeness (QED) is 0.824. The summed E-state index contributed by atoms with van der Waals surface area (Å²) in [6, 6.07) is 0.